The molecule has 0 aliphatic carbocycles. The van der Waals surface area contributed by atoms with Crippen molar-refractivity contribution in [2.24, 2.45) is 0 Å². The Morgan fingerprint density at radius 2 is 2.06 bits per heavy atom. The molecular formula is C14H15N3O. The lowest BCUT2D eigenvalue weighted by molar-refractivity contribution is -0.112. The number of nitrogens with zero attached hydrogens (tertiary/aromatic N) is 3. The molecule has 2 rings (SSSR count). The molecule has 2 aromatic rings. The van der Waals surface area contributed by atoms with Crippen molar-refractivity contribution in [3.05, 3.63) is 53.9 Å². The highest BCUT2D eigenvalue weighted by Gasteiger charge is 2.08. The molecule has 1 unspecified atom stereocenters. The summed E-state index contributed by atoms with van der Waals surface area (Å²) in [7, 11) is 0. The maximum absolute atomic E-state index is 10.8. The summed E-state index contributed by atoms with van der Waals surface area (Å²) in [6, 6.07) is 10.2. The van der Waals surface area contributed by atoms with Crippen LogP contribution in [0.4, 0.5) is 0 Å². The van der Waals surface area contributed by atoms with Crippen molar-refractivity contribution in [2.45, 2.75) is 19.9 Å². The number of carbonyl (C=O) groups excluding carboxylic acids is 1. The summed E-state index contributed by atoms with van der Waals surface area (Å²) in [5, 5.41) is 8.08. The van der Waals surface area contributed by atoms with Crippen LogP contribution in [0.25, 0.3) is 6.08 Å². The first kappa shape index (κ1) is 12.2. The van der Waals surface area contributed by atoms with Crippen LogP contribution in [0.3, 0.4) is 0 Å². The lowest BCUT2D eigenvalue weighted by Crippen LogP contribution is -2.07. The molecule has 0 aliphatic rings. The van der Waals surface area contributed by atoms with Gasteiger partial charge in [0.05, 0.1) is 12.2 Å². The Morgan fingerprint density at radius 3 is 2.72 bits per heavy atom. The fourth-order valence-corrected chi connectivity index (χ4v) is 1.64. The number of aromatic nitrogens is 3. The van der Waals surface area contributed by atoms with Crippen LogP contribution in [0.15, 0.2) is 42.6 Å². The van der Waals surface area contributed by atoms with E-state index in [0.717, 1.165) is 0 Å². The summed E-state index contributed by atoms with van der Waals surface area (Å²) < 4.78 is 1.79. The van der Waals surface area contributed by atoms with Crippen molar-refractivity contribution >= 4 is 11.9 Å². The van der Waals surface area contributed by atoms with E-state index in [-0.39, 0.29) is 11.8 Å². The molecule has 1 heterocycles. The van der Waals surface area contributed by atoms with Gasteiger partial charge in [0.2, 0.25) is 0 Å². The molecular weight excluding hydrogens is 226 g/mol. The minimum Gasteiger partial charge on any atom is -0.295 e. The predicted octanol–water partition coefficient (Wildman–Crippen LogP) is 2.49. The van der Waals surface area contributed by atoms with Gasteiger partial charge in [-0.1, -0.05) is 35.5 Å². The van der Waals surface area contributed by atoms with Gasteiger partial charge >= 0.3 is 0 Å². The molecule has 4 heteroatoms. The van der Waals surface area contributed by atoms with Gasteiger partial charge in [0.25, 0.3) is 0 Å². The SMILES string of the molecule is CC(=O)/C=C/c1cn(C(C)c2ccccc2)nn1. The Hall–Kier alpha value is -2.23. The van der Waals surface area contributed by atoms with Gasteiger partial charge in [-0.25, -0.2) is 4.68 Å². The Labute approximate surface area is 106 Å². The lowest BCUT2D eigenvalue weighted by Gasteiger charge is -2.10. The molecule has 4 nitrogen and oxygen atoms in total. The van der Waals surface area contributed by atoms with E-state index in [1.165, 1.54) is 18.6 Å². The molecule has 1 aromatic carbocycles. The first-order valence-electron chi connectivity index (χ1n) is 5.82. The zero-order valence-corrected chi connectivity index (χ0v) is 10.4. The average Bonchev–Trinajstić information content (AvgIpc) is 2.85. The van der Waals surface area contributed by atoms with Crippen molar-refractivity contribution in [3.8, 4) is 0 Å². The number of ketones is 1. The summed E-state index contributed by atoms with van der Waals surface area (Å²) in [4.78, 5) is 10.8. The quantitative estimate of drug-likeness (QED) is 0.773. The van der Waals surface area contributed by atoms with Crippen LogP contribution in [-0.2, 0) is 4.79 Å². The van der Waals surface area contributed by atoms with E-state index in [0.29, 0.717) is 5.69 Å². The molecule has 0 bridgehead atoms. The largest absolute Gasteiger partial charge is 0.295 e. The molecule has 0 radical (unpaired) electrons. The third-order valence-electron chi connectivity index (χ3n) is 2.70. The van der Waals surface area contributed by atoms with E-state index in [2.05, 4.69) is 29.4 Å². The molecule has 0 amide bonds. The molecule has 18 heavy (non-hydrogen) atoms. The predicted molar refractivity (Wildman–Crippen MR) is 70.0 cm³/mol. The maximum atomic E-state index is 10.8. The van der Waals surface area contributed by atoms with Crippen molar-refractivity contribution in [1.29, 1.82) is 0 Å². The minimum absolute atomic E-state index is 0.000609. The summed E-state index contributed by atoms with van der Waals surface area (Å²) >= 11 is 0. The molecule has 0 saturated carbocycles. The maximum Gasteiger partial charge on any atom is 0.152 e. The molecule has 0 aliphatic heterocycles. The lowest BCUT2D eigenvalue weighted by atomic mass is 10.1. The Morgan fingerprint density at radius 1 is 1.33 bits per heavy atom. The van der Waals surface area contributed by atoms with E-state index in [4.69, 9.17) is 0 Å². The van der Waals surface area contributed by atoms with Crippen LogP contribution in [0.5, 0.6) is 0 Å². The number of hydrogen-bond acceptors (Lipinski definition) is 3. The minimum atomic E-state index is 0.000609. The Balaban J connectivity index is 2.17. The van der Waals surface area contributed by atoms with Gasteiger partial charge in [0, 0.05) is 0 Å². The van der Waals surface area contributed by atoms with Crippen LogP contribution in [-0.4, -0.2) is 20.8 Å². The van der Waals surface area contributed by atoms with Gasteiger partial charge in [-0.3, -0.25) is 4.79 Å². The van der Waals surface area contributed by atoms with Crippen LogP contribution in [0, 0.1) is 0 Å². The average molecular weight is 241 g/mol. The molecule has 0 N–H and O–H groups in total. The number of rotatable bonds is 4. The van der Waals surface area contributed by atoms with Gasteiger partial charge in [-0.05, 0) is 31.6 Å². The van der Waals surface area contributed by atoms with E-state index in [1.54, 1.807) is 10.8 Å². The molecule has 0 spiro atoms. The van der Waals surface area contributed by atoms with Crippen LogP contribution >= 0.6 is 0 Å². The third kappa shape index (κ3) is 2.91. The molecule has 1 aromatic heterocycles. The number of benzene rings is 1. The summed E-state index contributed by atoms with van der Waals surface area (Å²) in [6.07, 6.45) is 4.99. The van der Waals surface area contributed by atoms with Gasteiger partial charge in [-0.2, -0.15) is 0 Å². The van der Waals surface area contributed by atoms with E-state index < -0.39 is 0 Å². The zero-order chi connectivity index (χ0) is 13.0. The van der Waals surface area contributed by atoms with Gasteiger partial charge in [-0.15, -0.1) is 5.10 Å². The normalized spacial score (nSPS) is 12.8. The van der Waals surface area contributed by atoms with Crippen LogP contribution in [0.1, 0.15) is 31.1 Å². The molecule has 1 atom stereocenters. The second-order valence-electron chi connectivity index (χ2n) is 4.15. The molecule has 0 fully saturated rings. The van der Waals surface area contributed by atoms with Gasteiger partial charge < -0.3 is 0 Å². The summed E-state index contributed by atoms with van der Waals surface area (Å²) in [5.41, 5.74) is 1.86. The monoisotopic (exact) mass is 241 g/mol. The second-order valence-corrected chi connectivity index (χ2v) is 4.15. The summed E-state index contributed by atoms with van der Waals surface area (Å²) in [5.74, 6) is 0.000609. The van der Waals surface area contributed by atoms with Crippen LogP contribution in [0.2, 0.25) is 0 Å². The van der Waals surface area contributed by atoms with Gasteiger partial charge in [0.15, 0.2) is 5.78 Å². The fraction of sp³-hybridized carbons (Fsp3) is 0.214. The third-order valence-corrected chi connectivity index (χ3v) is 2.70. The Kier molecular flexibility index (Phi) is 3.67. The Bertz CT molecular complexity index is 557. The molecule has 92 valence electrons. The zero-order valence-electron chi connectivity index (χ0n) is 10.4. The topological polar surface area (TPSA) is 47.8 Å². The van der Waals surface area contributed by atoms with E-state index in [1.807, 2.05) is 24.4 Å². The summed E-state index contributed by atoms with van der Waals surface area (Å²) in [6.45, 7) is 3.57. The van der Waals surface area contributed by atoms with E-state index in [9.17, 15) is 4.79 Å². The first-order chi connectivity index (χ1) is 8.66. The highest BCUT2D eigenvalue weighted by molar-refractivity contribution is 5.91. The van der Waals surface area contributed by atoms with Crippen LogP contribution < -0.4 is 0 Å². The second kappa shape index (κ2) is 5.40. The van der Waals surface area contributed by atoms with E-state index >= 15 is 0 Å². The number of allylic oxidation sites excluding steroid dienone is 1. The first-order valence-corrected chi connectivity index (χ1v) is 5.82. The number of hydrogen-bond donors (Lipinski definition) is 0. The highest BCUT2D eigenvalue weighted by Crippen LogP contribution is 2.16. The number of carbonyl (C=O) groups is 1. The molecule has 0 saturated heterocycles. The highest BCUT2D eigenvalue weighted by atomic mass is 16.1. The van der Waals surface area contributed by atoms with Crippen molar-refractivity contribution in [3.63, 3.8) is 0 Å². The van der Waals surface area contributed by atoms with Crippen molar-refractivity contribution < 1.29 is 4.79 Å². The van der Waals surface area contributed by atoms with Crippen molar-refractivity contribution in [2.75, 3.05) is 0 Å². The smallest absolute Gasteiger partial charge is 0.152 e. The van der Waals surface area contributed by atoms with Gasteiger partial charge in [0.1, 0.15) is 5.69 Å². The van der Waals surface area contributed by atoms with Crippen molar-refractivity contribution in [1.82, 2.24) is 15.0 Å². The fourth-order valence-electron chi connectivity index (χ4n) is 1.64. The standard InChI is InChI=1S/C14H15N3O/c1-11(18)8-9-14-10-17(16-15-14)12(2)13-6-4-3-5-7-13/h3-10,12H,1-2H3/b9-8+.